The molecule has 1 aromatic carbocycles. The van der Waals surface area contributed by atoms with Gasteiger partial charge in [0, 0.05) is 11.0 Å². The standard InChI is InChI=1S/C10H14BrNO3S/c1-7-3-4-10(9(11)5-7)16(14,15)12-6-8(2)13/h3-5,8,12-13H,6H2,1-2H3/t8-/m1/s1. The van der Waals surface area contributed by atoms with Gasteiger partial charge < -0.3 is 5.11 Å². The molecule has 0 saturated carbocycles. The third-order valence-corrected chi connectivity index (χ3v) is 4.35. The number of benzene rings is 1. The van der Waals surface area contributed by atoms with Crippen molar-refractivity contribution in [1.29, 1.82) is 0 Å². The molecule has 0 saturated heterocycles. The van der Waals surface area contributed by atoms with E-state index in [0.29, 0.717) is 4.47 Å². The van der Waals surface area contributed by atoms with Crippen LogP contribution >= 0.6 is 15.9 Å². The lowest BCUT2D eigenvalue weighted by Gasteiger charge is -2.10. The van der Waals surface area contributed by atoms with Crippen LogP contribution < -0.4 is 4.72 Å². The molecule has 0 bridgehead atoms. The first-order valence-corrected chi connectivity index (χ1v) is 7.04. The third kappa shape index (κ3) is 3.55. The summed E-state index contributed by atoms with van der Waals surface area (Å²) in [5.74, 6) is 0. The van der Waals surface area contributed by atoms with Crippen LogP contribution in [0.25, 0.3) is 0 Å². The number of halogens is 1. The molecule has 16 heavy (non-hydrogen) atoms. The first kappa shape index (κ1) is 13.6. The first-order chi connectivity index (χ1) is 7.33. The van der Waals surface area contributed by atoms with Crippen LogP contribution in [0.3, 0.4) is 0 Å². The summed E-state index contributed by atoms with van der Waals surface area (Å²) in [6.07, 6.45) is -0.709. The highest BCUT2D eigenvalue weighted by atomic mass is 79.9. The number of sulfonamides is 1. The summed E-state index contributed by atoms with van der Waals surface area (Å²) in [5.41, 5.74) is 0.973. The van der Waals surface area contributed by atoms with E-state index in [0.717, 1.165) is 5.56 Å². The van der Waals surface area contributed by atoms with Crippen molar-refractivity contribution in [3.05, 3.63) is 28.2 Å². The van der Waals surface area contributed by atoms with E-state index in [9.17, 15) is 8.42 Å². The molecule has 0 aliphatic carbocycles. The molecule has 0 amide bonds. The monoisotopic (exact) mass is 307 g/mol. The van der Waals surface area contributed by atoms with Gasteiger partial charge in [-0.3, -0.25) is 0 Å². The molecule has 6 heteroatoms. The second-order valence-electron chi connectivity index (χ2n) is 3.63. The molecule has 90 valence electrons. The molecule has 0 aliphatic rings. The van der Waals surface area contributed by atoms with Crippen LogP contribution in [-0.4, -0.2) is 26.2 Å². The lowest BCUT2D eigenvalue weighted by molar-refractivity contribution is 0.198. The fourth-order valence-electron chi connectivity index (χ4n) is 1.13. The Morgan fingerprint density at radius 2 is 2.12 bits per heavy atom. The molecule has 0 spiro atoms. The topological polar surface area (TPSA) is 66.4 Å². The van der Waals surface area contributed by atoms with Crippen molar-refractivity contribution in [1.82, 2.24) is 4.72 Å². The van der Waals surface area contributed by atoms with Gasteiger partial charge in [0.1, 0.15) is 0 Å². The third-order valence-electron chi connectivity index (χ3n) is 1.95. The van der Waals surface area contributed by atoms with E-state index in [2.05, 4.69) is 20.7 Å². The van der Waals surface area contributed by atoms with E-state index < -0.39 is 16.1 Å². The second-order valence-corrected chi connectivity index (χ2v) is 6.22. The van der Waals surface area contributed by atoms with Crippen molar-refractivity contribution in [3.8, 4) is 0 Å². The number of rotatable bonds is 4. The summed E-state index contributed by atoms with van der Waals surface area (Å²) in [7, 11) is -3.56. The first-order valence-electron chi connectivity index (χ1n) is 4.77. The molecule has 0 heterocycles. The van der Waals surface area contributed by atoms with Crippen LogP contribution in [-0.2, 0) is 10.0 Å². The predicted molar refractivity (Wildman–Crippen MR) is 65.7 cm³/mol. The summed E-state index contributed by atoms with van der Waals surface area (Å²) in [6.45, 7) is 3.40. The Labute approximate surface area is 104 Å². The largest absolute Gasteiger partial charge is 0.392 e. The van der Waals surface area contributed by atoms with Gasteiger partial charge in [0.05, 0.1) is 11.0 Å². The minimum Gasteiger partial charge on any atom is -0.392 e. The summed E-state index contributed by atoms with van der Waals surface area (Å²) in [5, 5.41) is 9.04. The van der Waals surface area contributed by atoms with E-state index in [-0.39, 0.29) is 11.4 Å². The number of hydrogen-bond donors (Lipinski definition) is 2. The van der Waals surface area contributed by atoms with Crippen LogP contribution in [0.1, 0.15) is 12.5 Å². The molecule has 1 aromatic rings. The molecule has 2 N–H and O–H groups in total. The van der Waals surface area contributed by atoms with Crippen molar-refractivity contribution in [2.75, 3.05) is 6.54 Å². The molecule has 0 radical (unpaired) electrons. The van der Waals surface area contributed by atoms with Gasteiger partial charge in [0.15, 0.2) is 0 Å². The van der Waals surface area contributed by atoms with E-state index in [1.807, 2.05) is 6.92 Å². The Morgan fingerprint density at radius 1 is 1.50 bits per heavy atom. The molecule has 4 nitrogen and oxygen atoms in total. The lowest BCUT2D eigenvalue weighted by atomic mass is 10.2. The highest BCUT2D eigenvalue weighted by Gasteiger charge is 2.17. The van der Waals surface area contributed by atoms with Crippen molar-refractivity contribution < 1.29 is 13.5 Å². The van der Waals surface area contributed by atoms with Crippen molar-refractivity contribution in [2.24, 2.45) is 0 Å². The van der Waals surface area contributed by atoms with E-state index >= 15 is 0 Å². The highest BCUT2D eigenvalue weighted by Crippen LogP contribution is 2.22. The molecule has 0 aromatic heterocycles. The Morgan fingerprint density at radius 3 is 2.62 bits per heavy atom. The Balaban J connectivity index is 2.99. The smallest absolute Gasteiger partial charge is 0.241 e. The molecule has 0 aliphatic heterocycles. The minimum atomic E-state index is -3.56. The van der Waals surface area contributed by atoms with Gasteiger partial charge in [0.2, 0.25) is 10.0 Å². The van der Waals surface area contributed by atoms with Crippen LogP contribution in [0.5, 0.6) is 0 Å². The number of aliphatic hydroxyl groups excluding tert-OH is 1. The Hall–Kier alpha value is -0.430. The van der Waals surface area contributed by atoms with Gasteiger partial charge in [0.25, 0.3) is 0 Å². The fourth-order valence-corrected chi connectivity index (χ4v) is 3.44. The quantitative estimate of drug-likeness (QED) is 0.884. The van der Waals surface area contributed by atoms with E-state index in [1.165, 1.54) is 13.0 Å². The average molecular weight is 308 g/mol. The van der Waals surface area contributed by atoms with E-state index in [1.54, 1.807) is 12.1 Å². The Bertz CT molecular complexity index is 471. The zero-order chi connectivity index (χ0) is 12.3. The zero-order valence-electron chi connectivity index (χ0n) is 9.07. The van der Waals surface area contributed by atoms with Gasteiger partial charge in [-0.15, -0.1) is 0 Å². The van der Waals surface area contributed by atoms with Gasteiger partial charge in [-0.2, -0.15) is 0 Å². The summed E-state index contributed by atoms with van der Waals surface area (Å²) in [4.78, 5) is 0.179. The zero-order valence-corrected chi connectivity index (χ0v) is 11.5. The van der Waals surface area contributed by atoms with Crippen molar-refractivity contribution in [2.45, 2.75) is 24.8 Å². The number of aryl methyl sites for hydroxylation is 1. The Kier molecular flexibility index (Phi) is 4.49. The van der Waals surface area contributed by atoms with E-state index in [4.69, 9.17) is 5.11 Å². The molecule has 0 fully saturated rings. The maximum atomic E-state index is 11.8. The maximum absolute atomic E-state index is 11.8. The molecular formula is C10H14BrNO3S. The SMILES string of the molecule is Cc1ccc(S(=O)(=O)NC[C@@H](C)O)c(Br)c1. The molecular weight excluding hydrogens is 294 g/mol. The summed E-state index contributed by atoms with van der Waals surface area (Å²) < 4.78 is 26.5. The van der Waals surface area contributed by atoms with Crippen LogP contribution in [0.4, 0.5) is 0 Å². The average Bonchev–Trinajstić information content (AvgIpc) is 2.14. The van der Waals surface area contributed by atoms with Crippen LogP contribution in [0, 0.1) is 6.92 Å². The predicted octanol–water partition coefficient (Wildman–Crippen LogP) is 1.42. The molecule has 1 rings (SSSR count). The number of aliphatic hydroxyl groups is 1. The second kappa shape index (κ2) is 5.27. The normalized spacial score (nSPS) is 13.8. The summed E-state index contributed by atoms with van der Waals surface area (Å²) in [6, 6.07) is 4.99. The van der Waals surface area contributed by atoms with Gasteiger partial charge in [-0.05, 0) is 47.5 Å². The van der Waals surface area contributed by atoms with Crippen molar-refractivity contribution >= 4 is 26.0 Å². The molecule has 0 unspecified atom stereocenters. The van der Waals surface area contributed by atoms with Crippen molar-refractivity contribution in [3.63, 3.8) is 0 Å². The minimum absolute atomic E-state index is 0.00263. The fraction of sp³-hybridized carbons (Fsp3) is 0.400. The molecule has 1 atom stereocenters. The van der Waals surface area contributed by atoms with Crippen LogP contribution in [0.2, 0.25) is 0 Å². The van der Waals surface area contributed by atoms with Gasteiger partial charge in [-0.1, -0.05) is 6.07 Å². The number of nitrogens with one attached hydrogen (secondary N) is 1. The van der Waals surface area contributed by atoms with Gasteiger partial charge in [-0.25, -0.2) is 13.1 Å². The highest BCUT2D eigenvalue weighted by molar-refractivity contribution is 9.10. The maximum Gasteiger partial charge on any atom is 0.241 e. The van der Waals surface area contributed by atoms with Gasteiger partial charge >= 0.3 is 0 Å². The summed E-state index contributed by atoms with van der Waals surface area (Å²) >= 11 is 3.21. The van der Waals surface area contributed by atoms with Crippen LogP contribution in [0.15, 0.2) is 27.6 Å². The lowest BCUT2D eigenvalue weighted by Crippen LogP contribution is -2.30. The number of hydrogen-bond acceptors (Lipinski definition) is 3.